The summed E-state index contributed by atoms with van der Waals surface area (Å²) in [5, 5.41) is 13.5. The second kappa shape index (κ2) is 16.6. The third-order valence-corrected chi connectivity index (χ3v) is 13.3. The number of rotatable bonds is 10. The second-order valence-corrected chi connectivity index (χ2v) is 16.7. The molecule has 0 bridgehead atoms. The highest BCUT2D eigenvalue weighted by Gasteiger charge is 2.26. The highest BCUT2D eigenvalue weighted by atomic mass is 14.7. The zero-order valence-electron chi connectivity index (χ0n) is 37.0. The van der Waals surface area contributed by atoms with E-state index in [2.05, 4.69) is 196 Å². The summed E-state index contributed by atoms with van der Waals surface area (Å²) in [6.45, 7) is 20.1. The normalized spacial score (nSPS) is 11.9. The quantitative estimate of drug-likeness (QED) is 0.101. The van der Waals surface area contributed by atoms with Crippen molar-refractivity contribution in [1.29, 1.82) is 0 Å². The molecule has 2 heterocycles. The summed E-state index contributed by atoms with van der Waals surface area (Å²) in [6, 6.07) is 54.3. The van der Waals surface area contributed by atoms with E-state index in [1.54, 1.807) is 0 Å². The van der Waals surface area contributed by atoms with E-state index in [0.29, 0.717) is 6.42 Å². The van der Waals surface area contributed by atoms with Gasteiger partial charge in [-0.1, -0.05) is 208 Å². The Morgan fingerprint density at radius 2 is 1.03 bits per heavy atom. The van der Waals surface area contributed by atoms with Crippen molar-refractivity contribution >= 4 is 100.0 Å². The van der Waals surface area contributed by atoms with Crippen LogP contribution in [0.3, 0.4) is 0 Å². The average molecular weight is 843 g/mol. The molecule has 0 aliphatic heterocycles. The van der Waals surface area contributed by atoms with E-state index in [0.717, 1.165) is 126 Å². The molecule has 0 N–H and O–H groups in total. The Hall–Kier alpha value is -8.46. The molecule has 0 saturated carbocycles. The lowest BCUT2D eigenvalue weighted by molar-refractivity contribution is 1.17. The molecule has 2 nitrogen and oxygen atoms in total. The number of fused-ring (bicyclic) bond motifs is 11. The fraction of sp³-hybridized carbons (Fsp3) is 0.0312. The molecule has 0 aliphatic rings. The Bertz CT molecular complexity index is 3920. The Morgan fingerprint density at radius 1 is 0.439 bits per heavy atom. The maximum Gasteiger partial charge on any atom is 0.0794 e. The minimum Gasteiger partial charge on any atom is -0.252 e. The van der Waals surface area contributed by atoms with Gasteiger partial charge in [0, 0.05) is 49.7 Å². The molecule has 312 valence electrons. The molecule has 11 rings (SSSR count). The van der Waals surface area contributed by atoms with Crippen molar-refractivity contribution < 1.29 is 0 Å². The molecule has 2 heteroatoms. The Morgan fingerprint density at radius 3 is 1.73 bits per heavy atom. The first kappa shape index (κ1) is 40.3. The minimum absolute atomic E-state index is 0.693. The van der Waals surface area contributed by atoms with E-state index < -0.39 is 0 Å². The van der Waals surface area contributed by atoms with Crippen molar-refractivity contribution in [3.63, 3.8) is 0 Å². The van der Waals surface area contributed by atoms with E-state index in [1.165, 1.54) is 10.8 Å². The molecule has 0 spiro atoms. The van der Waals surface area contributed by atoms with Crippen LogP contribution in [0, 0.1) is 0 Å². The van der Waals surface area contributed by atoms with Crippen LogP contribution in [-0.4, -0.2) is 9.97 Å². The van der Waals surface area contributed by atoms with Crippen LogP contribution in [0.1, 0.15) is 34.9 Å². The SMILES string of the molecule is C=Cc1c(C=C)c(-c2cc3c(C/C=C\C=C/C)nc4ccccc4c3c3ccccc23)c2ccccc2c1-c1cc2c(-c3ccccc3)nc3c4ccccc4ccc3c2c(C=C)c1C=C. The van der Waals surface area contributed by atoms with Crippen LogP contribution in [0.4, 0.5) is 0 Å². The van der Waals surface area contributed by atoms with Gasteiger partial charge in [-0.15, -0.1) is 0 Å². The number of benzene rings is 9. The Kier molecular flexibility index (Phi) is 10.1. The summed E-state index contributed by atoms with van der Waals surface area (Å²) in [4.78, 5) is 10.9. The first-order valence-electron chi connectivity index (χ1n) is 22.6. The van der Waals surface area contributed by atoms with Gasteiger partial charge in [0.2, 0.25) is 0 Å². The van der Waals surface area contributed by atoms with Crippen molar-refractivity contribution in [2.24, 2.45) is 0 Å². The van der Waals surface area contributed by atoms with Crippen molar-refractivity contribution in [2.45, 2.75) is 13.3 Å². The number of aromatic nitrogens is 2. The molecule has 0 radical (unpaired) electrons. The van der Waals surface area contributed by atoms with Crippen LogP contribution in [0.25, 0.3) is 133 Å². The fourth-order valence-electron chi connectivity index (χ4n) is 10.5. The number of hydrogen-bond acceptors (Lipinski definition) is 2. The van der Waals surface area contributed by atoms with Gasteiger partial charge in [0.1, 0.15) is 0 Å². The van der Waals surface area contributed by atoms with Crippen molar-refractivity contribution in [3.05, 3.63) is 230 Å². The monoisotopic (exact) mass is 842 g/mol. The van der Waals surface area contributed by atoms with E-state index in [4.69, 9.17) is 9.97 Å². The zero-order chi connectivity index (χ0) is 44.9. The number of nitrogens with zero attached hydrogens (tertiary/aromatic N) is 2. The third-order valence-electron chi connectivity index (χ3n) is 13.3. The van der Waals surface area contributed by atoms with E-state index >= 15 is 0 Å². The number of hydrogen-bond donors (Lipinski definition) is 0. The van der Waals surface area contributed by atoms with Gasteiger partial charge in [0.05, 0.1) is 22.4 Å². The summed E-state index contributed by atoms with van der Waals surface area (Å²) in [7, 11) is 0. The maximum absolute atomic E-state index is 5.56. The lowest BCUT2D eigenvalue weighted by Crippen LogP contribution is -2.01. The van der Waals surface area contributed by atoms with Gasteiger partial charge in [0.15, 0.2) is 0 Å². The van der Waals surface area contributed by atoms with Gasteiger partial charge in [-0.25, -0.2) is 4.98 Å². The largest absolute Gasteiger partial charge is 0.252 e. The van der Waals surface area contributed by atoms with Gasteiger partial charge in [-0.2, -0.15) is 0 Å². The van der Waals surface area contributed by atoms with Crippen LogP contribution >= 0.6 is 0 Å². The minimum atomic E-state index is 0.693. The Labute approximate surface area is 385 Å². The van der Waals surface area contributed by atoms with Crippen LogP contribution in [0.2, 0.25) is 0 Å². The molecular weight excluding hydrogens is 797 g/mol. The molecule has 66 heavy (non-hydrogen) atoms. The highest BCUT2D eigenvalue weighted by Crippen LogP contribution is 2.50. The van der Waals surface area contributed by atoms with Gasteiger partial charge >= 0.3 is 0 Å². The highest BCUT2D eigenvalue weighted by molar-refractivity contribution is 6.27. The summed E-state index contributed by atoms with van der Waals surface area (Å²) in [5.41, 5.74) is 13.3. The predicted octanol–water partition coefficient (Wildman–Crippen LogP) is 17.8. The molecule has 11 aromatic rings. The van der Waals surface area contributed by atoms with Crippen LogP contribution in [0.15, 0.2) is 202 Å². The lowest BCUT2D eigenvalue weighted by atomic mass is 9.79. The Balaban J connectivity index is 1.28. The maximum atomic E-state index is 5.56. The second-order valence-electron chi connectivity index (χ2n) is 16.7. The first-order chi connectivity index (χ1) is 32.6. The molecule has 9 aromatic carbocycles. The van der Waals surface area contributed by atoms with Gasteiger partial charge in [-0.05, 0) is 96.6 Å². The zero-order valence-corrected chi connectivity index (χ0v) is 37.0. The molecule has 0 atom stereocenters. The molecule has 0 aliphatic carbocycles. The lowest BCUT2D eigenvalue weighted by Gasteiger charge is -2.24. The number of para-hydroxylation sites is 1. The van der Waals surface area contributed by atoms with E-state index in [1.807, 2.05) is 37.3 Å². The van der Waals surface area contributed by atoms with E-state index in [9.17, 15) is 0 Å². The number of pyridine rings is 2. The molecule has 0 amide bonds. The molecule has 0 saturated heterocycles. The van der Waals surface area contributed by atoms with Crippen molar-refractivity contribution in [3.8, 4) is 33.5 Å². The average Bonchev–Trinajstić information content (AvgIpc) is 3.37. The topological polar surface area (TPSA) is 25.8 Å². The summed E-state index contributed by atoms with van der Waals surface area (Å²) in [6.07, 6.45) is 17.1. The molecule has 0 unspecified atom stereocenters. The smallest absolute Gasteiger partial charge is 0.0794 e. The molecular formula is C64H46N2. The fourth-order valence-corrected chi connectivity index (χ4v) is 10.5. The van der Waals surface area contributed by atoms with Crippen LogP contribution in [-0.2, 0) is 6.42 Å². The number of allylic oxidation sites excluding steroid dienone is 4. The van der Waals surface area contributed by atoms with Crippen molar-refractivity contribution in [1.82, 2.24) is 9.97 Å². The summed E-state index contributed by atoms with van der Waals surface area (Å²) < 4.78 is 0. The van der Waals surface area contributed by atoms with Crippen LogP contribution < -0.4 is 0 Å². The van der Waals surface area contributed by atoms with Crippen LogP contribution in [0.5, 0.6) is 0 Å². The van der Waals surface area contributed by atoms with Gasteiger partial charge < -0.3 is 0 Å². The summed E-state index contributed by atoms with van der Waals surface area (Å²) >= 11 is 0. The van der Waals surface area contributed by atoms with Gasteiger partial charge in [-0.3, -0.25) is 4.98 Å². The van der Waals surface area contributed by atoms with Gasteiger partial charge in [0.25, 0.3) is 0 Å². The summed E-state index contributed by atoms with van der Waals surface area (Å²) in [5.74, 6) is 0. The molecule has 2 aromatic heterocycles. The first-order valence-corrected chi connectivity index (χ1v) is 22.6. The van der Waals surface area contributed by atoms with E-state index in [-0.39, 0.29) is 0 Å². The molecule has 0 fully saturated rings. The third kappa shape index (κ3) is 6.25. The standard InChI is InChI=1S/C64H46N2/c1-6-11-12-16-34-58-55-38-54(47-29-19-20-30-48(47)62(55)51-33-23-24-35-57(51)65-58)60-45(10-5)44(9-4)59(49-31-21-22-32-50(49)60)53-39-56-61(43(8-3)42(53)7-2)52-37-36-40-25-17-18-28-46(40)64(52)66-63(56)41-26-14-13-15-27-41/h6-33,35-39H,2-5,34H2,1H3/b11-6-,16-12-. The van der Waals surface area contributed by atoms with Crippen molar-refractivity contribution in [2.75, 3.05) is 0 Å². The predicted molar refractivity (Wildman–Crippen MR) is 289 cm³/mol.